The predicted molar refractivity (Wildman–Crippen MR) is 57.3 cm³/mol. The maximum atomic E-state index is 10.6. The monoisotopic (exact) mass is 222 g/mol. The molecule has 0 aliphatic rings. The highest BCUT2D eigenvalue weighted by Crippen LogP contribution is 2.20. The van der Waals surface area contributed by atoms with Crippen LogP contribution in [-0.2, 0) is 4.79 Å². The molecule has 0 saturated carbocycles. The number of hydrogen-bond acceptors (Lipinski definition) is 4. The zero-order chi connectivity index (χ0) is 11.3. The van der Waals surface area contributed by atoms with Crippen LogP contribution in [0.3, 0.4) is 0 Å². The van der Waals surface area contributed by atoms with E-state index >= 15 is 0 Å². The van der Waals surface area contributed by atoms with Gasteiger partial charge >= 0.3 is 0 Å². The molecule has 0 spiro atoms. The van der Waals surface area contributed by atoms with Crippen LogP contribution in [0, 0.1) is 11.3 Å². The molecule has 6 heteroatoms. The van der Waals surface area contributed by atoms with E-state index < -0.39 is 11.6 Å². The summed E-state index contributed by atoms with van der Waals surface area (Å²) in [5.74, 6) is -0.892. The van der Waals surface area contributed by atoms with Gasteiger partial charge in [-0.1, -0.05) is 23.7 Å². The molecule has 0 aliphatic carbocycles. The number of para-hydroxylation sites is 1. The third kappa shape index (κ3) is 2.97. The number of carbonyl (C=O) groups is 1. The van der Waals surface area contributed by atoms with Gasteiger partial charge in [-0.2, -0.15) is 10.4 Å². The van der Waals surface area contributed by atoms with Crippen LogP contribution in [0.1, 0.15) is 0 Å². The van der Waals surface area contributed by atoms with Gasteiger partial charge in [0.25, 0.3) is 5.91 Å². The van der Waals surface area contributed by atoms with Crippen LogP contribution in [0.2, 0.25) is 5.02 Å². The molecule has 0 radical (unpaired) electrons. The number of nitriles is 1. The molecule has 15 heavy (non-hydrogen) atoms. The minimum atomic E-state index is -0.892. The number of rotatable bonds is 3. The Labute approximate surface area is 91.1 Å². The summed E-state index contributed by atoms with van der Waals surface area (Å²) in [4.78, 5) is 10.6. The normalized spacial score (nSPS) is 10.5. The molecular formula is C9H7ClN4O. The largest absolute Gasteiger partial charge is 0.364 e. The summed E-state index contributed by atoms with van der Waals surface area (Å²) >= 11 is 5.80. The zero-order valence-corrected chi connectivity index (χ0v) is 8.32. The van der Waals surface area contributed by atoms with Gasteiger partial charge in [-0.15, -0.1) is 0 Å². The zero-order valence-electron chi connectivity index (χ0n) is 7.57. The van der Waals surface area contributed by atoms with Gasteiger partial charge in [-0.05, 0) is 12.1 Å². The number of primary amides is 1. The first kappa shape index (κ1) is 11.0. The van der Waals surface area contributed by atoms with Crippen molar-refractivity contribution in [2.45, 2.75) is 0 Å². The molecule has 1 rings (SSSR count). The summed E-state index contributed by atoms with van der Waals surface area (Å²) in [5, 5.41) is 12.4. The maximum absolute atomic E-state index is 10.6. The fraction of sp³-hybridized carbons (Fsp3) is 0. The van der Waals surface area contributed by atoms with E-state index in [0.29, 0.717) is 10.7 Å². The molecule has 1 aromatic carbocycles. The fourth-order valence-electron chi connectivity index (χ4n) is 0.803. The molecule has 0 bridgehead atoms. The van der Waals surface area contributed by atoms with Crippen LogP contribution in [-0.4, -0.2) is 11.6 Å². The lowest BCUT2D eigenvalue weighted by atomic mass is 10.3. The molecule has 0 saturated heterocycles. The molecule has 0 fully saturated rings. The summed E-state index contributed by atoms with van der Waals surface area (Å²) in [7, 11) is 0. The van der Waals surface area contributed by atoms with Crippen molar-refractivity contribution in [3.8, 4) is 6.07 Å². The maximum Gasteiger partial charge on any atom is 0.280 e. The Balaban J connectivity index is 2.85. The van der Waals surface area contributed by atoms with Crippen molar-refractivity contribution < 1.29 is 4.79 Å². The van der Waals surface area contributed by atoms with E-state index in [4.69, 9.17) is 22.6 Å². The molecule has 1 aromatic rings. The fourth-order valence-corrected chi connectivity index (χ4v) is 0.981. The van der Waals surface area contributed by atoms with E-state index in [-0.39, 0.29) is 0 Å². The van der Waals surface area contributed by atoms with Crippen molar-refractivity contribution in [2.75, 3.05) is 5.43 Å². The van der Waals surface area contributed by atoms with E-state index in [2.05, 4.69) is 10.5 Å². The van der Waals surface area contributed by atoms with Crippen LogP contribution in [0.25, 0.3) is 0 Å². The number of halogens is 1. The number of hydrazone groups is 1. The van der Waals surface area contributed by atoms with Gasteiger partial charge < -0.3 is 5.73 Å². The summed E-state index contributed by atoms with van der Waals surface area (Å²) in [6, 6.07) is 8.35. The first-order valence-corrected chi connectivity index (χ1v) is 4.31. The van der Waals surface area contributed by atoms with Crippen LogP contribution in [0.4, 0.5) is 5.69 Å². The first-order chi connectivity index (χ1) is 7.15. The van der Waals surface area contributed by atoms with Crippen LogP contribution < -0.4 is 11.2 Å². The molecule has 0 aromatic heterocycles. The molecule has 0 unspecified atom stereocenters. The Kier molecular flexibility index (Phi) is 3.66. The minimum absolute atomic E-state index is 0.407. The molecule has 0 atom stereocenters. The second-order valence-corrected chi connectivity index (χ2v) is 2.94. The van der Waals surface area contributed by atoms with Gasteiger partial charge in [0, 0.05) is 0 Å². The molecule has 1 amide bonds. The third-order valence-electron chi connectivity index (χ3n) is 1.50. The molecule has 5 nitrogen and oxygen atoms in total. The summed E-state index contributed by atoms with van der Waals surface area (Å²) in [5.41, 5.74) is 7.45. The number of nitrogens with one attached hydrogen (secondary N) is 1. The average Bonchev–Trinajstić information content (AvgIpc) is 2.21. The van der Waals surface area contributed by atoms with E-state index in [0.717, 1.165) is 0 Å². The Morgan fingerprint density at radius 2 is 2.20 bits per heavy atom. The van der Waals surface area contributed by atoms with E-state index in [1.165, 1.54) is 0 Å². The predicted octanol–water partition coefficient (Wildman–Crippen LogP) is 1.12. The van der Waals surface area contributed by atoms with Crippen LogP contribution in [0.15, 0.2) is 29.4 Å². The summed E-state index contributed by atoms with van der Waals surface area (Å²) < 4.78 is 0. The quantitative estimate of drug-likeness (QED) is 0.593. The number of nitrogens with two attached hydrogens (primary N) is 1. The first-order valence-electron chi connectivity index (χ1n) is 3.93. The number of carbonyl (C=O) groups excluding carboxylic acids is 1. The van der Waals surface area contributed by atoms with Crippen LogP contribution >= 0.6 is 11.6 Å². The number of amides is 1. The van der Waals surface area contributed by atoms with Gasteiger partial charge in [-0.25, -0.2) is 0 Å². The topological polar surface area (TPSA) is 91.3 Å². The van der Waals surface area contributed by atoms with Gasteiger partial charge in [0.1, 0.15) is 6.07 Å². The second-order valence-electron chi connectivity index (χ2n) is 2.53. The van der Waals surface area contributed by atoms with Gasteiger partial charge in [0.05, 0.1) is 10.7 Å². The third-order valence-corrected chi connectivity index (χ3v) is 1.83. The van der Waals surface area contributed by atoms with Crippen molar-refractivity contribution in [1.82, 2.24) is 0 Å². The molecule has 3 N–H and O–H groups in total. The number of nitrogens with zero attached hydrogens (tertiary/aromatic N) is 2. The molecule has 0 aliphatic heterocycles. The summed E-state index contributed by atoms with van der Waals surface area (Å²) in [6.45, 7) is 0. The number of benzene rings is 1. The summed E-state index contributed by atoms with van der Waals surface area (Å²) in [6.07, 6.45) is 0. The highest BCUT2D eigenvalue weighted by Gasteiger charge is 2.05. The van der Waals surface area contributed by atoms with E-state index in [1.54, 1.807) is 30.3 Å². The van der Waals surface area contributed by atoms with Gasteiger partial charge in [-0.3, -0.25) is 10.2 Å². The smallest absolute Gasteiger partial charge is 0.280 e. The lowest BCUT2D eigenvalue weighted by molar-refractivity contribution is -0.111. The number of hydrogen-bond donors (Lipinski definition) is 2. The standard InChI is InChI=1S/C9H7ClN4O/c10-6-3-1-2-4-7(6)13-14-8(5-11)9(12)15/h1-4,13H,(H2,12,15). The second kappa shape index (κ2) is 4.98. The Hall–Kier alpha value is -2.06. The highest BCUT2D eigenvalue weighted by atomic mass is 35.5. The highest BCUT2D eigenvalue weighted by molar-refractivity contribution is 6.44. The Morgan fingerprint density at radius 1 is 1.53 bits per heavy atom. The van der Waals surface area contributed by atoms with Crippen molar-refractivity contribution in [1.29, 1.82) is 5.26 Å². The van der Waals surface area contributed by atoms with Crippen molar-refractivity contribution in [2.24, 2.45) is 10.8 Å². The van der Waals surface area contributed by atoms with Crippen molar-refractivity contribution >= 4 is 28.9 Å². The van der Waals surface area contributed by atoms with Crippen molar-refractivity contribution in [3.63, 3.8) is 0 Å². The van der Waals surface area contributed by atoms with Crippen LogP contribution in [0.5, 0.6) is 0 Å². The number of anilines is 1. The SMILES string of the molecule is N#CC(=NNc1ccccc1Cl)C(N)=O. The lowest BCUT2D eigenvalue weighted by Gasteiger charge is -2.01. The lowest BCUT2D eigenvalue weighted by Crippen LogP contribution is -2.22. The van der Waals surface area contributed by atoms with Gasteiger partial charge in [0.2, 0.25) is 5.71 Å². The molecule has 76 valence electrons. The Morgan fingerprint density at radius 3 is 2.73 bits per heavy atom. The molecular weight excluding hydrogens is 216 g/mol. The van der Waals surface area contributed by atoms with Crippen molar-refractivity contribution in [3.05, 3.63) is 29.3 Å². The minimum Gasteiger partial charge on any atom is -0.364 e. The van der Waals surface area contributed by atoms with E-state index in [9.17, 15) is 4.79 Å². The Bertz CT molecular complexity index is 450. The van der Waals surface area contributed by atoms with E-state index in [1.807, 2.05) is 0 Å². The molecule has 0 heterocycles. The average molecular weight is 223 g/mol. The van der Waals surface area contributed by atoms with Gasteiger partial charge in [0.15, 0.2) is 0 Å².